The molecule has 2 atom stereocenters. The number of carbonyl (C=O) groups excluding carboxylic acids is 1. The molecule has 3 aliphatic rings. The van der Waals surface area contributed by atoms with Crippen molar-refractivity contribution in [3.63, 3.8) is 0 Å². The molecule has 1 amide bonds. The van der Waals surface area contributed by atoms with E-state index < -0.39 is 0 Å². The lowest BCUT2D eigenvalue weighted by molar-refractivity contribution is -0.131. The van der Waals surface area contributed by atoms with E-state index in [0.717, 1.165) is 79.5 Å². The van der Waals surface area contributed by atoms with E-state index in [0.29, 0.717) is 17.6 Å². The van der Waals surface area contributed by atoms with E-state index in [1.54, 1.807) is 0 Å². The van der Waals surface area contributed by atoms with Gasteiger partial charge in [-0.3, -0.25) is 9.69 Å². The molecular weight excluding hydrogens is 456 g/mol. The maximum Gasteiger partial charge on any atom is 0.240 e. The summed E-state index contributed by atoms with van der Waals surface area (Å²) >= 11 is 1.84. The first-order valence-electron chi connectivity index (χ1n) is 12.5. The Balaban J connectivity index is 1.19. The molecule has 0 saturated carbocycles. The molecule has 7 nitrogen and oxygen atoms in total. The van der Waals surface area contributed by atoms with Gasteiger partial charge in [-0.2, -0.15) is 5.26 Å². The SMILES string of the molecule is N#Cc1ccc2c(c1)nc(-c1ccccc1)n2C1CCN([C@@H]2CN[C@H](C(=O)N3CCSC3)C2)CC1. The third-order valence-corrected chi connectivity index (χ3v) is 8.67. The molecule has 1 N–H and O–H groups in total. The highest BCUT2D eigenvalue weighted by atomic mass is 32.2. The molecule has 1 aromatic heterocycles. The van der Waals surface area contributed by atoms with Crippen molar-refractivity contribution in [1.82, 2.24) is 24.7 Å². The van der Waals surface area contributed by atoms with E-state index in [4.69, 9.17) is 4.98 Å². The molecule has 6 rings (SSSR count). The first-order chi connectivity index (χ1) is 17.2. The predicted molar refractivity (Wildman–Crippen MR) is 139 cm³/mol. The van der Waals surface area contributed by atoms with E-state index in [1.807, 2.05) is 53.1 Å². The zero-order chi connectivity index (χ0) is 23.8. The van der Waals surface area contributed by atoms with Crippen LogP contribution in [0, 0.1) is 11.3 Å². The molecule has 0 radical (unpaired) electrons. The van der Waals surface area contributed by atoms with Gasteiger partial charge in [-0.1, -0.05) is 30.3 Å². The number of amides is 1. The minimum absolute atomic E-state index is 0.0342. The largest absolute Gasteiger partial charge is 0.331 e. The zero-order valence-electron chi connectivity index (χ0n) is 19.8. The molecule has 4 heterocycles. The lowest BCUT2D eigenvalue weighted by Crippen LogP contribution is -2.43. The second-order valence-electron chi connectivity index (χ2n) is 9.74. The normalized spacial score (nSPS) is 23.7. The first-order valence-corrected chi connectivity index (χ1v) is 13.7. The van der Waals surface area contributed by atoms with E-state index in [2.05, 4.69) is 33.0 Å². The Morgan fingerprint density at radius 1 is 1.09 bits per heavy atom. The van der Waals surface area contributed by atoms with Crippen molar-refractivity contribution in [1.29, 1.82) is 5.26 Å². The van der Waals surface area contributed by atoms with Gasteiger partial charge in [-0.05, 0) is 37.5 Å². The van der Waals surface area contributed by atoms with Crippen LogP contribution in [0.2, 0.25) is 0 Å². The Kier molecular flexibility index (Phi) is 6.23. The minimum atomic E-state index is -0.0342. The number of nitriles is 1. The molecule has 3 aromatic rings. The number of benzene rings is 2. The van der Waals surface area contributed by atoms with E-state index in [1.165, 1.54) is 0 Å². The predicted octanol–water partition coefficient (Wildman–Crippen LogP) is 3.48. The van der Waals surface area contributed by atoms with Gasteiger partial charge in [0.25, 0.3) is 0 Å². The van der Waals surface area contributed by atoms with Crippen molar-refractivity contribution in [3.05, 3.63) is 54.1 Å². The number of hydrogen-bond donors (Lipinski definition) is 1. The Hall–Kier alpha value is -2.86. The lowest BCUT2D eigenvalue weighted by atomic mass is 10.0. The fourth-order valence-corrected chi connectivity index (χ4v) is 6.78. The van der Waals surface area contributed by atoms with Crippen molar-refractivity contribution in [2.45, 2.75) is 37.4 Å². The summed E-state index contributed by atoms with van der Waals surface area (Å²) in [7, 11) is 0. The number of imidazole rings is 1. The van der Waals surface area contributed by atoms with E-state index >= 15 is 0 Å². The van der Waals surface area contributed by atoms with Gasteiger partial charge in [0.2, 0.25) is 5.91 Å². The van der Waals surface area contributed by atoms with Crippen LogP contribution in [0.1, 0.15) is 30.9 Å². The van der Waals surface area contributed by atoms with Crippen molar-refractivity contribution >= 4 is 28.7 Å². The third-order valence-electron chi connectivity index (χ3n) is 7.70. The molecule has 0 unspecified atom stereocenters. The second kappa shape index (κ2) is 9.65. The Bertz CT molecular complexity index is 1250. The number of nitrogens with zero attached hydrogens (tertiary/aromatic N) is 5. The fraction of sp³-hybridized carbons (Fsp3) is 0.444. The standard InChI is InChI=1S/C27H30N6OS/c28-16-19-6-7-25-23(14-19)30-26(20-4-2-1-3-5-20)33(25)21-8-10-31(11-9-21)22-15-24(29-17-22)27(34)32-12-13-35-18-32/h1-7,14,21-22,24,29H,8-13,15,17-18H2/t22-,24-/m0/s1. The van der Waals surface area contributed by atoms with Crippen LogP contribution >= 0.6 is 11.8 Å². The number of thioether (sulfide) groups is 1. The summed E-state index contributed by atoms with van der Waals surface area (Å²) in [5, 5.41) is 12.9. The first kappa shape index (κ1) is 22.6. The quantitative estimate of drug-likeness (QED) is 0.609. The highest BCUT2D eigenvalue weighted by Crippen LogP contribution is 2.34. The van der Waals surface area contributed by atoms with Gasteiger partial charge in [0.05, 0.1) is 34.6 Å². The zero-order valence-corrected chi connectivity index (χ0v) is 20.6. The van der Waals surface area contributed by atoms with Gasteiger partial charge in [0.1, 0.15) is 5.82 Å². The number of fused-ring (bicyclic) bond motifs is 1. The summed E-state index contributed by atoms with van der Waals surface area (Å²) in [6, 6.07) is 19.2. The van der Waals surface area contributed by atoms with Crippen LogP contribution in [0.5, 0.6) is 0 Å². The van der Waals surface area contributed by atoms with Crippen molar-refractivity contribution in [2.24, 2.45) is 0 Å². The van der Waals surface area contributed by atoms with Crippen molar-refractivity contribution in [2.75, 3.05) is 37.8 Å². The number of hydrogen-bond acceptors (Lipinski definition) is 6. The van der Waals surface area contributed by atoms with Crippen molar-refractivity contribution in [3.8, 4) is 17.5 Å². The molecule has 180 valence electrons. The molecule has 3 aliphatic heterocycles. The van der Waals surface area contributed by atoms with E-state index in [-0.39, 0.29) is 11.9 Å². The maximum atomic E-state index is 12.8. The van der Waals surface area contributed by atoms with Crippen LogP contribution in [0.3, 0.4) is 0 Å². The molecule has 0 aliphatic carbocycles. The third kappa shape index (κ3) is 4.33. The van der Waals surface area contributed by atoms with Gasteiger partial charge in [0.15, 0.2) is 0 Å². The second-order valence-corrected chi connectivity index (χ2v) is 10.8. The molecule has 3 saturated heterocycles. The molecule has 35 heavy (non-hydrogen) atoms. The molecule has 8 heteroatoms. The number of likely N-dealkylation sites (tertiary alicyclic amines) is 1. The Morgan fingerprint density at radius 3 is 2.66 bits per heavy atom. The summed E-state index contributed by atoms with van der Waals surface area (Å²) in [5.74, 6) is 3.15. The average molecular weight is 487 g/mol. The van der Waals surface area contributed by atoms with E-state index in [9.17, 15) is 10.1 Å². The Labute approximate surface area is 210 Å². The summed E-state index contributed by atoms with van der Waals surface area (Å²) in [4.78, 5) is 22.4. The molecular formula is C27H30N6OS. The highest BCUT2D eigenvalue weighted by Gasteiger charge is 2.37. The minimum Gasteiger partial charge on any atom is -0.331 e. The fourth-order valence-electron chi connectivity index (χ4n) is 5.83. The number of piperidine rings is 1. The average Bonchev–Trinajstić information content (AvgIpc) is 3.68. The summed E-state index contributed by atoms with van der Waals surface area (Å²) < 4.78 is 2.40. The molecule has 3 fully saturated rings. The molecule has 0 bridgehead atoms. The highest BCUT2D eigenvalue weighted by molar-refractivity contribution is 7.99. The van der Waals surface area contributed by atoms with Gasteiger partial charge < -0.3 is 14.8 Å². The number of nitrogens with one attached hydrogen (secondary N) is 1. The molecule has 0 spiro atoms. The van der Waals surface area contributed by atoms with Crippen LogP contribution < -0.4 is 5.32 Å². The van der Waals surface area contributed by atoms with Gasteiger partial charge in [-0.25, -0.2) is 4.98 Å². The number of rotatable bonds is 4. The van der Waals surface area contributed by atoms with Gasteiger partial charge >= 0.3 is 0 Å². The summed E-state index contributed by atoms with van der Waals surface area (Å²) in [6.07, 6.45) is 3.00. The van der Waals surface area contributed by atoms with Crippen LogP contribution in [0.4, 0.5) is 0 Å². The van der Waals surface area contributed by atoms with Crippen LogP contribution in [0.25, 0.3) is 22.4 Å². The van der Waals surface area contributed by atoms with Gasteiger partial charge in [0, 0.05) is 49.6 Å². The van der Waals surface area contributed by atoms with Crippen LogP contribution in [0.15, 0.2) is 48.5 Å². The van der Waals surface area contributed by atoms with Gasteiger partial charge in [-0.15, -0.1) is 11.8 Å². The summed E-state index contributed by atoms with van der Waals surface area (Å²) in [5.41, 5.74) is 3.72. The van der Waals surface area contributed by atoms with Crippen LogP contribution in [-0.4, -0.2) is 75.2 Å². The van der Waals surface area contributed by atoms with Crippen LogP contribution in [-0.2, 0) is 4.79 Å². The maximum absolute atomic E-state index is 12.8. The topological polar surface area (TPSA) is 77.2 Å². The smallest absolute Gasteiger partial charge is 0.240 e. The van der Waals surface area contributed by atoms with Crippen molar-refractivity contribution < 1.29 is 4.79 Å². The molecule has 2 aromatic carbocycles. The monoisotopic (exact) mass is 486 g/mol. The lowest BCUT2D eigenvalue weighted by Gasteiger charge is -2.37. The summed E-state index contributed by atoms with van der Waals surface area (Å²) in [6.45, 7) is 3.81. The number of carbonyl (C=O) groups is 1. The number of aromatic nitrogens is 2. The Morgan fingerprint density at radius 2 is 1.91 bits per heavy atom.